The molecule has 2 aromatic rings. The van der Waals surface area contributed by atoms with E-state index in [0.29, 0.717) is 24.1 Å². The standard InChI is InChI=1S/C19H26N4O2/c1-4-25-19(24)16-14-11(2)21-22-18(14)20-17(13-5-6-13)15(16)12-7-9-23(3)10-8-12/h12-13H,4-10H2,1-3H3,(H,20,21,22). The summed E-state index contributed by atoms with van der Waals surface area (Å²) in [6.45, 7) is 6.30. The van der Waals surface area contributed by atoms with E-state index in [2.05, 4.69) is 22.1 Å². The predicted molar refractivity (Wildman–Crippen MR) is 96.0 cm³/mol. The molecule has 1 aliphatic heterocycles. The average Bonchev–Trinajstić information content (AvgIpc) is 3.38. The summed E-state index contributed by atoms with van der Waals surface area (Å²) in [4.78, 5) is 20.2. The van der Waals surface area contributed by atoms with Crippen molar-refractivity contribution in [3.05, 3.63) is 22.5 Å². The molecule has 1 saturated carbocycles. The first kappa shape index (κ1) is 16.5. The second-order valence-electron chi connectivity index (χ2n) is 7.41. The number of aromatic nitrogens is 3. The van der Waals surface area contributed by atoms with E-state index in [9.17, 15) is 4.79 Å². The highest BCUT2D eigenvalue weighted by Crippen LogP contribution is 2.46. The SMILES string of the molecule is CCOC(=O)c1c(C2CCN(C)CC2)c(C2CC2)nc2n[nH]c(C)c12. The number of rotatable bonds is 4. The molecule has 0 aromatic carbocycles. The van der Waals surface area contributed by atoms with Crippen LogP contribution in [-0.4, -0.2) is 52.8 Å². The van der Waals surface area contributed by atoms with Gasteiger partial charge in [-0.05, 0) is 71.1 Å². The molecule has 1 N–H and O–H groups in total. The van der Waals surface area contributed by atoms with Crippen LogP contribution in [-0.2, 0) is 4.74 Å². The highest BCUT2D eigenvalue weighted by atomic mass is 16.5. The van der Waals surface area contributed by atoms with Gasteiger partial charge in [-0.1, -0.05) is 0 Å². The molecule has 1 aliphatic carbocycles. The van der Waals surface area contributed by atoms with Crippen molar-refractivity contribution < 1.29 is 9.53 Å². The largest absolute Gasteiger partial charge is 0.462 e. The smallest absolute Gasteiger partial charge is 0.339 e. The van der Waals surface area contributed by atoms with Gasteiger partial charge >= 0.3 is 5.97 Å². The number of aromatic amines is 1. The number of ether oxygens (including phenoxy) is 1. The van der Waals surface area contributed by atoms with Crippen molar-refractivity contribution in [1.29, 1.82) is 0 Å². The van der Waals surface area contributed by atoms with E-state index >= 15 is 0 Å². The number of piperidine rings is 1. The Hall–Kier alpha value is -1.95. The second-order valence-corrected chi connectivity index (χ2v) is 7.41. The molecule has 0 spiro atoms. The molecule has 0 radical (unpaired) electrons. The summed E-state index contributed by atoms with van der Waals surface area (Å²) in [5, 5.41) is 8.19. The lowest BCUT2D eigenvalue weighted by molar-refractivity contribution is 0.0526. The van der Waals surface area contributed by atoms with Crippen LogP contribution in [0.5, 0.6) is 0 Å². The van der Waals surface area contributed by atoms with Crippen LogP contribution < -0.4 is 0 Å². The fourth-order valence-corrected chi connectivity index (χ4v) is 4.03. The average molecular weight is 342 g/mol. The topological polar surface area (TPSA) is 71.1 Å². The van der Waals surface area contributed by atoms with E-state index in [-0.39, 0.29) is 5.97 Å². The number of esters is 1. The van der Waals surface area contributed by atoms with E-state index in [1.54, 1.807) is 0 Å². The van der Waals surface area contributed by atoms with Crippen LogP contribution in [0, 0.1) is 6.92 Å². The Morgan fingerprint density at radius 3 is 2.60 bits per heavy atom. The van der Waals surface area contributed by atoms with Crippen molar-refractivity contribution in [3.63, 3.8) is 0 Å². The Morgan fingerprint density at radius 2 is 1.96 bits per heavy atom. The molecule has 2 fully saturated rings. The van der Waals surface area contributed by atoms with E-state index in [4.69, 9.17) is 9.72 Å². The number of nitrogens with zero attached hydrogens (tertiary/aromatic N) is 3. The number of hydrogen-bond donors (Lipinski definition) is 1. The summed E-state index contributed by atoms with van der Waals surface area (Å²) in [6.07, 6.45) is 4.44. The van der Waals surface area contributed by atoms with Crippen LogP contribution in [0.1, 0.15) is 71.8 Å². The maximum Gasteiger partial charge on any atom is 0.339 e. The van der Waals surface area contributed by atoms with Crippen LogP contribution in [0.25, 0.3) is 11.0 Å². The first-order chi connectivity index (χ1) is 12.1. The molecule has 0 bridgehead atoms. The van der Waals surface area contributed by atoms with Crippen LogP contribution in [0.3, 0.4) is 0 Å². The van der Waals surface area contributed by atoms with Gasteiger partial charge in [-0.3, -0.25) is 5.10 Å². The van der Waals surface area contributed by atoms with Gasteiger partial charge in [-0.15, -0.1) is 0 Å². The lowest BCUT2D eigenvalue weighted by Crippen LogP contribution is -2.30. The molecule has 3 heterocycles. The van der Waals surface area contributed by atoms with Crippen LogP contribution in [0.4, 0.5) is 0 Å². The Kier molecular flexibility index (Phi) is 4.23. The minimum absolute atomic E-state index is 0.227. The van der Waals surface area contributed by atoms with E-state index in [1.807, 2.05) is 13.8 Å². The van der Waals surface area contributed by atoms with Gasteiger partial charge in [-0.2, -0.15) is 5.10 Å². The van der Waals surface area contributed by atoms with Crippen molar-refractivity contribution in [2.24, 2.45) is 0 Å². The third kappa shape index (κ3) is 2.92. The first-order valence-electron chi connectivity index (χ1n) is 9.34. The van der Waals surface area contributed by atoms with Crippen LogP contribution >= 0.6 is 0 Å². The molecular formula is C19H26N4O2. The van der Waals surface area contributed by atoms with Crippen molar-refractivity contribution in [2.75, 3.05) is 26.7 Å². The number of carbonyl (C=O) groups is 1. The monoisotopic (exact) mass is 342 g/mol. The molecule has 6 heteroatoms. The number of hydrogen-bond acceptors (Lipinski definition) is 5. The zero-order valence-corrected chi connectivity index (χ0v) is 15.3. The van der Waals surface area contributed by atoms with Gasteiger partial charge < -0.3 is 9.64 Å². The fourth-order valence-electron chi connectivity index (χ4n) is 4.03. The number of carbonyl (C=O) groups excluding carboxylic acids is 1. The minimum atomic E-state index is -0.227. The molecule has 134 valence electrons. The Bertz CT molecular complexity index is 801. The second kappa shape index (κ2) is 6.41. The Morgan fingerprint density at radius 1 is 1.24 bits per heavy atom. The molecule has 25 heavy (non-hydrogen) atoms. The van der Waals surface area contributed by atoms with Gasteiger partial charge in [0.2, 0.25) is 0 Å². The van der Waals surface area contributed by atoms with Gasteiger partial charge in [0.25, 0.3) is 0 Å². The summed E-state index contributed by atoms with van der Waals surface area (Å²) >= 11 is 0. The van der Waals surface area contributed by atoms with Crippen molar-refractivity contribution in [3.8, 4) is 0 Å². The number of fused-ring (bicyclic) bond motifs is 1. The molecule has 1 saturated heterocycles. The van der Waals surface area contributed by atoms with Crippen molar-refractivity contribution in [1.82, 2.24) is 20.1 Å². The molecular weight excluding hydrogens is 316 g/mol. The lowest BCUT2D eigenvalue weighted by Gasteiger charge is -2.31. The molecule has 0 atom stereocenters. The van der Waals surface area contributed by atoms with Crippen molar-refractivity contribution >= 4 is 17.0 Å². The Balaban J connectivity index is 1.93. The normalized spacial score (nSPS) is 19.5. The fraction of sp³-hybridized carbons (Fsp3) is 0.632. The molecule has 2 aromatic heterocycles. The van der Waals surface area contributed by atoms with Gasteiger partial charge in [0, 0.05) is 11.6 Å². The van der Waals surface area contributed by atoms with Gasteiger partial charge in [0.05, 0.1) is 23.3 Å². The van der Waals surface area contributed by atoms with Gasteiger partial charge in [-0.25, -0.2) is 9.78 Å². The first-order valence-corrected chi connectivity index (χ1v) is 9.34. The Labute approximate surface area is 147 Å². The van der Waals surface area contributed by atoms with E-state index in [0.717, 1.165) is 66.7 Å². The van der Waals surface area contributed by atoms with Crippen molar-refractivity contribution in [2.45, 2.75) is 51.4 Å². The number of likely N-dealkylation sites (tertiary alicyclic amines) is 1. The summed E-state index contributed by atoms with van der Waals surface area (Å²) in [5.41, 5.74) is 4.50. The number of H-pyrrole nitrogens is 1. The van der Waals surface area contributed by atoms with Gasteiger partial charge in [0.15, 0.2) is 5.65 Å². The molecule has 4 rings (SSSR count). The molecule has 6 nitrogen and oxygen atoms in total. The highest BCUT2D eigenvalue weighted by molar-refractivity contribution is 6.05. The lowest BCUT2D eigenvalue weighted by atomic mass is 9.83. The van der Waals surface area contributed by atoms with E-state index < -0.39 is 0 Å². The highest BCUT2D eigenvalue weighted by Gasteiger charge is 2.36. The zero-order valence-electron chi connectivity index (χ0n) is 15.3. The summed E-state index contributed by atoms with van der Waals surface area (Å²) < 4.78 is 5.45. The van der Waals surface area contributed by atoms with Crippen LogP contribution in [0.2, 0.25) is 0 Å². The van der Waals surface area contributed by atoms with Gasteiger partial charge in [0.1, 0.15) is 0 Å². The molecule has 0 amide bonds. The third-order valence-corrected chi connectivity index (χ3v) is 5.52. The molecule has 2 aliphatic rings. The predicted octanol–water partition coefficient (Wildman–Crippen LogP) is 3.13. The maximum atomic E-state index is 12.9. The summed E-state index contributed by atoms with van der Waals surface area (Å²) in [7, 11) is 2.16. The zero-order chi connectivity index (χ0) is 17.6. The minimum Gasteiger partial charge on any atom is -0.462 e. The quantitative estimate of drug-likeness (QED) is 0.865. The summed E-state index contributed by atoms with van der Waals surface area (Å²) in [5.74, 6) is 0.622. The number of aryl methyl sites for hydroxylation is 1. The van der Waals surface area contributed by atoms with E-state index in [1.165, 1.54) is 0 Å². The third-order valence-electron chi connectivity index (χ3n) is 5.52. The molecule has 0 unspecified atom stereocenters. The maximum absolute atomic E-state index is 12.9. The number of nitrogens with one attached hydrogen (secondary N) is 1. The number of pyridine rings is 1. The summed E-state index contributed by atoms with van der Waals surface area (Å²) in [6, 6.07) is 0. The van der Waals surface area contributed by atoms with Crippen LogP contribution in [0.15, 0.2) is 0 Å².